The summed E-state index contributed by atoms with van der Waals surface area (Å²) < 4.78 is 26.6. The lowest BCUT2D eigenvalue weighted by atomic mass is 9.82. The number of benzene rings is 1. The van der Waals surface area contributed by atoms with Gasteiger partial charge in [-0.05, 0) is 43.1 Å². The fraction of sp³-hybridized carbons (Fsp3) is 0.632. The molecule has 0 aromatic heterocycles. The lowest BCUT2D eigenvalue weighted by Gasteiger charge is -2.29. The maximum absolute atomic E-state index is 13.3. The molecule has 2 saturated carbocycles. The van der Waals surface area contributed by atoms with E-state index in [9.17, 15) is 18.7 Å². The molecule has 3 nitrogen and oxygen atoms in total. The molecule has 5 heteroatoms. The van der Waals surface area contributed by atoms with Crippen LogP contribution in [-0.4, -0.2) is 29.6 Å². The van der Waals surface area contributed by atoms with Crippen LogP contribution in [0.1, 0.15) is 44.1 Å². The van der Waals surface area contributed by atoms with Gasteiger partial charge in [0, 0.05) is 18.8 Å². The zero-order valence-corrected chi connectivity index (χ0v) is 13.8. The van der Waals surface area contributed by atoms with E-state index in [2.05, 4.69) is 5.32 Å². The van der Waals surface area contributed by atoms with E-state index < -0.39 is 5.92 Å². The molecule has 0 aliphatic heterocycles. The highest BCUT2D eigenvalue weighted by Crippen LogP contribution is 2.63. The largest absolute Gasteiger partial charge is 0.394 e. The monoisotopic (exact) mass is 337 g/mol. The van der Waals surface area contributed by atoms with Gasteiger partial charge in [-0.1, -0.05) is 30.3 Å². The van der Waals surface area contributed by atoms with Gasteiger partial charge in [0.25, 0.3) is 0 Å². The van der Waals surface area contributed by atoms with E-state index >= 15 is 0 Å². The van der Waals surface area contributed by atoms with Gasteiger partial charge in [0.1, 0.15) is 0 Å². The summed E-state index contributed by atoms with van der Waals surface area (Å²) in [5.74, 6) is -2.79. The van der Waals surface area contributed by atoms with E-state index in [-0.39, 0.29) is 42.7 Å². The quantitative estimate of drug-likeness (QED) is 0.837. The summed E-state index contributed by atoms with van der Waals surface area (Å²) in [6.45, 7) is -0.101. The van der Waals surface area contributed by atoms with Gasteiger partial charge in [-0.15, -0.1) is 0 Å². The zero-order valence-electron chi connectivity index (χ0n) is 13.8. The van der Waals surface area contributed by atoms with Gasteiger partial charge < -0.3 is 10.4 Å². The number of aliphatic hydroxyl groups excluding tert-OH is 1. The lowest BCUT2D eigenvalue weighted by Crippen LogP contribution is -2.40. The first-order valence-corrected chi connectivity index (χ1v) is 8.77. The fourth-order valence-corrected chi connectivity index (χ4v) is 3.88. The van der Waals surface area contributed by atoms with Crippen LogP contribution in [0.4, 0.5) is 8.78 Å². The number of hydrogen-bond donors (Lipinski definition) is 2. The third-order valence-corrected chi connectivity index (χ3v) is 5.67. The topological polar surface area (TPSA) is 49.3 Å². The van der Waals surface area contributed by atoms with Crippen LogP contribution in [0.3, 0.4) is 0 Å². The summed E-state index contributed by atoms with van der Waals surface area (Å²) >= 11 is 0. The van der Waals surface area contributed by atoms with Crippen molar-refractivity contribution in [2.45, 2.75) is 56.9 Å². The maximum Gasteiger partial charge on any atom is 0.248 e. The van der Waals surface area contributed by atoms with Gasteiger partial charge in [0.05, 0.1) is 12.6 Å². The third kappa shape index (κ3) is 3.94. The van der Waals surface area contributed by atoms with Crippen LogP contribution in [0.25, 0.3) is 0 Å². The van der Waals surface area contributed by atoms with Crippen molar-refractivity contribution in [3.05, 3.63) is 35.9 Å². The minimum atomic E-state index is -2.56. The maximum atomic E-state index is 13.3. The summed E-state index contributed by atoms with van der Waals surface area (Å²) in [4.78, 5) is 12.4. The van der Waals surface area contributed by atoms with Crippen LogP contribution in [0.15, 0.2) is 30.3 Å². The van der Waals surface area contributed by atoms with Gasteiger partial charge in [0.15, 0.2) is 0 Å². The van der Waals surface area contributed by atoms with Crippen molar-refractivity contribution in [3.8, 4) is 0 Å². The molecule has 0 bridgehead atoms. The molecule has 2 N–H and O–H groups in total. The number of aryl methyl sites for hydroxylation is 1. The average molecular weight is 337 g/mol. The second-order valence-corrected chi connectivity index (χ2v) is 7.39. The van der Waals surface area contributed by atoms with E-state index in [1.807, 2.05) is 30.3 Å². The van der Waals surface area contributed by atoms with Crippen molar-refractivity contribution in [2.24, 2.45) is 11.3 Å². The number of hydrogen-bond acceptors (Lipinski definition) is 2. The lowest BCUT2D eigenvalue weighted by molar-refractivity contribution is -0.125. The number of aliphatic hydroxyl groups is 1. The Morgan fingerprint density at radius 3 is 2.50 bits per heavy atom. The number of amides is 1. The minimum absolute atomic E-state index is 0.0765. The van der Waals surface area contributed by atoms with E-state index in [4.69, 9.17) is 0 Å². The Morgan fingerprint density at radius 1 is 1.21 bits per heavy atom. The molecule has 0 radical (unpaired) electrons. The summed E-state index contributed by atoms with van der Waals surface area (Å²) in [5, 5.41) is 12.4. The molecular weight excluding hydrogens is 312 g/mol. The predicted octanol–water partition coefficient (Wildman–Crippen LogP) is 3.31. The number of rotatable bonds is 6. The van der Waals surface area contributed by atoms with Gasteiger partial charge >= 0.3 is 0 Å². The van der Waals surface area contributed by atoms with Crippen LogP contribution in [-0.2, 0) is 11.2 Å². The second-order valence-electron chi connectivity index (χ2n) is 7.39. The molecule has 2 fully saturated rings. The summed E-state index contributed by atoms with van der Waals surface area (Å²) in [6, 6.07) is 9.65. The van der Waals surface area contributed by atoms with Gasteiger partial charge in [-0.3, -0.25) is 4.79 Å². The molecule has 1 spiro atoms. The Labute approximate surface area is 141 Å². The minimum Gasteiger partial charge on any atom is -0.394 e. The highest BCUT2D eigenvalue weighted by atomic mass is 19.3. The summed E-state index contributed by atoms with van der Waals surface area (Å²) in [6.07, 6.45) is 2.84. The number of carbonyl (C=O) groups is 1. The molecule has 132 valence electrons. The van der Waals surface area contributed by atoms with Crippen LogP contribution >= 0.6 is 0 Å². The van der Waals surface area contributed by atoms with Crippen LogP contribution in [0, 0.1) is 11.3 Å². The smallest absolute Gasteiger partial charge is 0.248 e. The molecule has 3 rings (SSSR count). The van der Waals surface area contributed by atoms with Crippen LogP contribution in [0.2, 0.25) is 0 Å². The van der Waals surface area contributed by atoms with Crippen LogP contribution in [0.5, 0.6) is 0 Å². The van der Waals surface area contributed by atoms with E-state index in [0.29, 0.717) is 25.7 Å². The van der Waals surface area contributed by atoms with Gasteiger partial charge in [-0.2, -0.15) is 0 Å². The summed E-state index contributed by atoms with van der Waals surface area (Å²) in [7, 11) is 0. The van der Waals surface area contributed by atoms with Crippen LogP contribution < -0.4 is 5.32 Å². The molecule has 1 aromatic carbocycles. The Bertz CT molecular complexity index is 566. The van der Waals surface area contributed by atoms with Crippen molar-refractivity contribution in [2.75, 3.05) is 6.61 Å². The van der Waals surface area contributed by atoms with Crippen molar-refractivity contribution in [1.29, 1.82) is 0 Å². The molecule has 1 amide bonds. The molecule has 2 aliphatic rings. The molecule has 2 atom stereocenters. The van der Waals surface area contributed by atoms with Crippen molar-refractivity contribution >= 4 is 5.91 Å². The Hall–Kier alpha value is -1.49. The summed E-state index contributed by atoms with van der Waals surface area (Å²) in [5.41, 5.74) is 0.966. The molecule has 24 heavy (non-hydrogen) atoms. The number of carbonyl (C=O) groups excluding carboxylic acids is 1. The Morgan fingerprint density at radius 2 is 1.88 bits per heavy atom. The SMILES string of the molecule is O=C(N[C@@H](CO)CCc1ccccc1)C1CC12CCC(F)(F)CC2. The van der Waals surface area contributed by atoms with Gasteiger partial charge in [-0.25, -0.2) is 8.78 Å². The highest BCUT2D eigenvalue weighted by Gasteiger charge is 2.60. The zero-order chi connectivity index (χ0) is 17.2. The Kier molecular flexibility index (Phi) is 4.90. The standard InChI is InChI=1S/C19H25F2NO2/c20-19(21)10-8-18(9-11-19)12-16(18)17(24)22-15(13-23)7-6-14-4-2-1-3-5-14/h1-5,15-16,23H,6-13H2,(H,22,24)/t15-,16?/m1/s1. The number of halogens is 2. The molecule has 0 saturated heterocycles. The van der Waals surface area contributed by atoms with Crippen molar-refractivity contribution < 1.29 is 18.7 Å². The highest BCUT2D eigenvalue weighted by molar-refractivity contribution is 5.82. The Balaban J connectivity index is 1.47. The van der Waals surface area contributed by atoms with E-state index in [0.717, 1.165) is 6.42 Å². The molecule has 2 aliphatic carbocycles. The van der Waals surface area contributed by atoms with Crippen molar-refractivity contribution in [3.63, 3.8) is 0 Å². The first kappa shape index (κ1) is 17.3. The average Bonchev–Trinajstić information content (AvgIpc) is 3.30. The predicted molar refractivity (Wildman–Crippen MR) is 87.7 cm³/mol. The molecular formula is C19H25F2NO2. The fourth-order valence-electron chi connectivity index (χ4n) is 3.88. The molecule has 1 aromatic rings. The van der Waals surface area contributed by atoms with Crippen molar-refractivity contribution in [1.82, 2.24) is 5.32 Å². The van der Waals surface area contributed by atoms with E-state index in [1.54, 1.807) is 0 Å². The third-order valence-electron chi connectivity index (χ3n) is 5.67. The first-order chi connectivity index (χ1) is 11.4. The molecule has 1 unspecified atom stereocenters. The van der Waals surface area contributed by atoms with E-state index in [1.165, 1.54) is 5.56 Å². The van der Waals surface area contributed by atoms with Gasteiger partial charge in [0.2, 0.25) is 11.8 Å². The molecule has 0 heterocycles. The first-order valence-electron chi connectivity index (χ1n) is 8.77. The second kappa shape index (κ2) is 6.79. The normalized spacial score (nSPS) is 25.2. The number of alkyl halides is 2. The number of nitrogens with one attached hydrogen (secondary N) is 1.